The molecule has 2 unspecified atom stereocenters. The van der Waals surface area contributed by atoms with Gasteiger partial charge in [-0.25, -0.2) is 9.18 Å². The van der Waals surface area contributed by atoms with Crippen LogP contribution in [-0.2, 0) is 11.2 Å². The van der Waals surface area contributed by atoms with Crippen LogP contribution in [0.25, 0.3) is 10.9 Å². The number of hydrogen-bond donors (Lipinski definition) is 2. The van der Waals surface area contributed by atoms with Crippen molar-refractivity contribution in [3.8, 4) is 11.5 Å². The number of aromatic nitrogens is 1. The number of halogens is 1. The second-order valence-electron chi connectivity index (χ2n) is 9.60. The predicted molar refractivity (Wildman–Crippen MR) is 152 cm³/mol. The molecule has 4 aromatic rings. The highest BCUT2D eigenvalue weighted by Gasteiger charge is 2.37. The van der Waals surface area contributed by atoms with Crippen LogP contribution in [0, 0.1) is 5.82 Å². The van der Waals surface area contributed by atoms with E-state index in [0.717, 1.165) is 34.0 Å². The van der Waals surface area contributed by atoms with E-state index in [1.165, 1.54) is 12.1 Å². The zero-order valence-corrected chi connectivity index (χ0v) is 22.8. The van der Waals surface area contributed by atoms with Crippen molar-refractivity contribution in [2.75, 3.05) is 46.3 Å². The third-order valence-corrected chi connectivity index (χ3v) is 7.31. The van der Waals surface area contributed by atoms with Crippen molar-refractivity contribution < 1.29 is 23.4 Å². The first kappa shape index (κ1) is 27.4. The SMILES string of the molecule is COc1cc2c(c(OC)c1)C(C(OC)c1cccc(F)c1)N(CCNC(=O)Nc1ccnc3ccccc13)CC2. The van der Waals surface area contributed by atoms with Crippen LogP contribution in [0.2, 0.25) is 0 Å². The van der Waals surface area contributed by atoms with Gasteiger partial charge in [-0.15, -0.1) is 0 Å². The molecule has 208 valence electrons. The van der Waals surface area contributed by atoms with Gasteiger partial charge in [-0.3, -0.25) is 9.88 Å². The van der Waals surface area contributed by atoms with Gasteiger partial charge < -0.3 is 24.8 Å². The Morgan fingerprint density at radius 1 is 1.07 bits per heavy atom. The molecule has 0 aliphatic carbocycles. The van der Waals surface area contributed by atoms with E-state index < -0.39 is 6.10 Å². The number of pyridine rings is 1. The van der Waals surface area contributed by atoms with Crippen molar-refractivity contribution in [2.24, 2.45) is 0 Å². The summed E-state index contributed by atoms with van der Waals surface area (Å²) >= 11 is 0. The van der Waals surface area contributed by atoms with Gasteiger partial charge in [0.2, 0.25) is 0 Å². The number of amides is 2. The molecule has 1 aromatic heterocycles. The molecule has 3 aromatic carbocycles. The zero-order chi connectivity index (χ0) is 28.1. The molecule has 0 bridgehead atoms. The topological polar surface area (TPSA) is 85.0 Å². The summed E-state index contributed by atoms with van der Waals surface area (Å²) in [5, 5.41) is 6.78. The molecule has 2 atom stereocenters. The summed E-state index contributed by atoms with van der Waals surface area (Å²) in [5.74, 6) is 1.06. The number of urea groups is 1. The van der Waals surface area contributed by atoms with Crippen LogP contribution in [-0.4, -0.2) is 56.9 Å². The molecule has 40 heavy (non-hydrogen) atoms. The van der Waals surface area contributed by atoms with Crippen molar-refractivity contribution in [3.05, 3.63) is 95.4 Å². The second-order valence-corrected chi connectivity index (χ2v) is 9.60. The molecule has 0 spiro atoms. The average molecular weight is 545 g/mol. The number of nitrogens with one attached hydrogen (secondary N) is 2. The molecule has 0 radical (unpaired) electrons. The highest BCUT2D eigenvalue weighted by molar-refractivity contribution is 6.00. The minimum absolute atomic E-state index is 0.287. The lowest BCUT2D eigenvalue weighted by Gasteiger charge is -2.42. The summed E-state index contributed by atoms with van der Waals surface area (Å²) in [4.78, 5) is 19.4. The Morgan fingerprint density at radius 3 is 2.70 bits per heavy atom. The van der Waals surface area contributed by atoms with E-state index in [0.29, 0.717) is 36.8 Å². The Kier molecular flexibility index (Phi) is 8.42. The Balaban J connectivity index is 1.38. The molecule has 2 amide bonds. The fourth-order valence-corrected chi connectivity index (χ4v) is 5.48. The van der Waals surface area contributed by atoms with Gasteiger partial charge in [0.1, 0.15) is 23.4 Å². The van der Waals surface area contributed by atoms with Crippen LogP contribution in [0.4, 0.5) is 14.9 Å². The van der Waals surface area contributed by atoms with E-state index in [4.69, 9.17) is 14.2 Å². The van der Waals surface area contributed by atoms with Gasteiger partial charge in [0, 0.05) is 50.0 Å². The largest absolute Gasteiger partial charge is 0.497 e. The summed E-state index contributed by atoms with van der Waals surface area (Å²) in [5.41, 5.74) is 4.28. The van der Waals surface area contributed by atoms with Gasteiger partial charge >= 0.3 is 6.03 Å². The van der Waals surface area contributed by atoms with Crippen LogP contribution >= 0.6 is 0 Å². The lowest BCUT2D eigenvalue weighted by Crippen LogP contribution is -2.44. The minimum atomic E-state index is -0.478. The van der Waals surface area contributed by atoms with Crippen LogP contribution < -0.4 is 20.1 Å². The molecule has 8 nitrogen and oxygen atoms in total. The van der Waals surface area contributed by atoms with Gasteiger partial charge in [0.15, 0.2) is 0 Å². The summed E-state index contributed by atoms with van der Waals surface area (Å²) in [6.45, 7) is 1.64. The van der Waals surface area contributed by atoms with E-state index in [-0.39, 0.29) is 17.9 Å². The molecule has 5 rings (SSSR count). The lowest BCUT2D eigenvalue weighted by atomic mass is 9.85. The van der Waals surface area contributed by atoms with E-state index in [1.807, 2.05) is 42.5 Å². The van der Waals surface area contributed by atoms with Crippen molar-refractivity contribution in [1.82, 2.24) is 15.2 Å². The Morgan fingerprint density at radius 2 is 1.93 bits per heavy atom. The Hall–Kier alpha value is -4.21. The number of carbonyl (C=O) groups is 1. The van der Waals surface area contributed by atoms with E-state index in [9.17, 15) is 9.18 Å². The first-order valence-corrected chi connectivity index (χ1v) is 13.2. The number of carbonyl (C=O) groups excluding carboxylic acids is 1. The maximum Gasteiger partial charge on any atom is 0.319 e. The third kappa shape index (κ3) is 5.71. The van der Waals surface area contributed by atoms with Crippen molar-refractivity contribution >= 4 is 22.6 Å². The molecule has 1 aliphatic rings. The number of ether oxygens (including phenoxy) is 3. The second kappa shape index (κ2) is 12.3. The van der Waals surface area contributed by atoms with Gasteiger partial charge in [-0.1, -0.05) is 30.3 Å². The van der Waals surface area contributed by atoms with Gasteiger partial charge in [-0.2, -0.15) is 0 Å². The molecule has 0 saturated carbocycles. The number of para-hydroxylation sites is 1. The van der Waals surface area contributed by atoms with Crippen molar-refractivity contribution in [3.63, 3.8) is 0 Å². The van der Waals surface area contributed by atoms with Crippen molar-refractivity contribution in [1.29, 1.82) is 0 Å². The lowest BCUT2D eigenvalue weighted by molar-refractivity contribution is 0.00546. The third-order valence-electron chi connectivity index (χ3n) is 7.31. The smallest absolute Gasteiger partial charge is 0.319 e. The maximum atomic E-state index is 14.3. The Bertz CT molecular complexity index is 1480. The summed E-state index contributed by atoms with van der Waals surface area (Å²) in [7, 11) is 4.89. The van der Waals surface area contributed by atoms with Gasteiger partial charge in [0.25, 0.3) is 0 Å². The number of anilines is 1. The average Bonchev–Trinajstić information content (AvgIpc) is 2.98. The number of fused-ring (bicyclic) bond motifs is 2. The zero-order valence-electron chi connectivity index (χ0n) is 22.8. The highest BCUT2D eigenvalue weighted by Crippen LogP contribution is 2.46. The van der Waals surface area contributed by atoms with Crippen LogP contribution in [0.15, 0.2) is 72.9 Å². The molecular formula is C31H33FN4O4. The molecular weight excluding hydrogens is 511 g/mol. The number of rotatable bonds is 9. The monoisotopic (exact) mass is 544 g/mol. The first-order valence-electron chi connectivity index (χ1n) is 13.2. The molecule has 9 heteroatoms. The molecule has 0 saturated heterocycles. The fourth-order valence-electron chi connectivity index (χ4n) is 5.48. The van der Waals surface area contributed by atoms with E-state index in [2.05, 4.69) is 20.5 Å². The maximum absolute atomic E-state index is 14.3. The van der Waals surface area contributed by atoms with E-state index >= 15 is 0 Å². The van der Waals surface area contributed by atoms with Crippen LogP contribution in [0.1, 0.15) is 28.8 Å². The predicted octanol–water partition coefficient (Wildman–Crippen LogP) is 5.50. The number of benzene rings is 3. The standard InChI is InChI=1S/C31H33FN4O4/c1-38-23-18-20-12-15-36(16-14-34-31(37)35-26-11-13-33-25-10-5-4-9-24(25)26)29(28(20)27(19-23)39-2)30(40-3)21-7-6-8-22(32)17-21/h4-11,13,17-19,29-30H,12,14-16H2,1-3H3,(H2,33,34,35,37). The number of nitrogens with zero attached hydrogens (tertiary/aromatic N) is 2. The number of methoxy groups -OCH3 is 3. The van der Waals surface area contributed by atoms with Crippen LogP contribution in [0.5, 0.6) is 11.5 Å². The van der Waals surface area contributed by atoms with Gasteiger partial charge in [0.05, 0.1) is 31.5 Å². The summed E-state index contributed by atoms with van der Waals surface area (Å²) < 4.78 is 31.6. The molecule has 2 heterocycles. The highest BCUT2D eigenvalue weighted by atomic mass is 19.1. The first-order chi connectivity index (χ1) is 19.5. The number of hydrogen-bond acceptors (Lipinski definition) is 6. The normalized spacial score (nSPS) is 15.8. The van der Waals surface area contributed by atoms with Gasteiger partial charge in [-0.05, 0) is 47.9 Å². The summed E-state index contributed by atoms with van der Waals surface area (Å²) in [6.07, 6.45) is 1.95. The quantitative estimate of drug-likeness (QED) is 0.290. The fraction of sp³-hybridized carbons (Fsp3) is 0.290. The molecule has 1 aliphatic heterocycles. The minimum Gasteiger partial charge on any atom is -0.497 e. The van der Waals surface area contributed by atoms with Crippen LogP contribution in [0.3, 0.4) is 0 Å². The van der Waals surface area contributed by atoms with E-state index in [1.54, 1.807) is 39.7 Å². The Labute approximate surface area is 233 Å². The summed E-state index contributed by atoms with van der Waals surface area (Å²) in [6, 6.07) is 19.2. The molecule has 0 fully saturated rings. The van der Waals surface area contributed by atoms with Crippen molar-refractivity contribution in [2.45, 2.75) is 18.6 Å². The molecule has 2 N–H and O–H groups in total.